The van der Waals surface area contributed by atoms with Gasteiger partial charge >= 0.3 is 5.97 Å². The Labute approximate surface area is 123 Å². The third kappa shape index (κ3) is 3.59. The second-order valence-electron chi connectivity index (χ2n) is 5.25. The largest absolute Gasteiger partial charge is 0.478 e. The lowest BCUT2D eigenvalue weighted by Crippen LogP contribution is -2.34. The second-order valence-corrected chi connectivity index (χ2v) is 7.16. The smallest absolute Gasteiger partial charge is 0.337 e. The molecule has 5 nitrogen and oxygen atoms in total. The predicted octanol–water partition coefficient (Wildman–Crippen LogP) is 2.33. The van der Waals surface area contributed by atoms with E-state index in [4.69, 9.17) is 5.11 Å². The van der Waals surface area contributed by atoms with Crippen molar-refractivity contribution in [1.82, 2.24) is 4.31 Å². The Morgan fingerprint density at radius 3 is 2.62 bits per heavy atom. The first-order valence-electron chi connectivity index (χ1n) is 6.89. The molecule has 1 fully saturated rings. The molecule has 0 radical (unpaired) electrons. The van der Waals surface area contributed by atoms with Crippen LogP contribution >= 0.6 is 0 Å². The molecule has 1 saturated carbocycles. The molecule has 0 bridgehead atoms. The summed E-state index contributed by atoms with van der Waals surface area (Å²) in [5.74, 6) is -1.81. The van der Waals surface area contributed by atoms with Crippen LogP contribution in [0.1, 0.15) is 36.5 Å². The Morgan fingerprint density at radius 1 is 1.43 bits per heavy atom. The van der Waals surface area contributed by atoms with Gasteiger partial charge in [-0.05, 0) is 43.4 Å². The van der Waals surface area contributed by atoms with Crippen molar-refractivity contribution >= 4 is 16.0 Å². The lowest BCUT2D eigenvalue weighted by atomic mass is 10.2. The predicted molar refractivity (Wildman–Crippen MR) is 75.1 cm³/mol. The van der Waals surface area contributed by atoms with Gasteiger partial charge in [0.25, 0.3) is 0 Å². The van der Waals surface area contributed by atoms with E-state index in [1.807, 2.05) is 6.92 Å². The lowest BCUT2D eigenvalue weighted by Gasteiger charge is -2.22. The number of nitrogens with zero attached hydrogens (tertiary/aromatic N) is 1. The minimum absolute atomic E-state index is 0.300. The van der Waals surface area contributed by atoms with E-state index >= 15 is 0 Å². The molecular formula is C14H18FNO4S. The summed E-state index contributed by atoms with van der Waals surface area (Å²) in [5, 5.41) is 9.12. The Hall–Kier alpha value is -1.47. The number of rotatable bonds is 7. The Kier molecular flexibility index (Phi) is 4.63. The second kappa shape index (κ2) is 6.11. The number of halogens is 1. The van der Waals surface area contributed by atoms with Gasteiger partial charge in [-0.15, -0.1) is 0 Å². The molecule has 0 atom stereocenters. The van der Waals surface area contributed by atoms with E-state index in [0.29, 0.717) is 25.4 Å². The zero-order valence-corrected chi connectivity index (χ0v) is 12.6. The molecule has 0 amide bonds. The number of benzene rings is 1. The first kappa shape index (κ1) is 15.9. The van der Waals surface area contributed by atoms with E-state index in [2.05, 4.69) is 0 Å². The highest BCUT2D eigenvalue weighted by atomic mass is 32.2. The molecule has 0 heterocycles. The summed E-state index contributed by atoms with van der Waals surface area (Å²) >= 11 is 0. The summed E-state index contributed by atoms with van der Waals surface area (Å²) in [5.41, 5.74) is -0.395. The van der Waals surface area contributed by atoms with Crippen LogP contribution in [0.25, 0.3) is 0 Å². The van der Waals surface area contributed by atoms with Crippen LogP contribution in [-0.2, 0) is 10.0 Å². The van der Waals surface area contributed by atoms with Gasteiger partial charge < -0.3 is 5.11 Å². The van der Waals surface area contributed by atoms with Crippen LogP contribution in [0.4, 0.5) is 4.39 Å². The summed E-state index contributed by atoms with van der Waals surface area (Å²) in [6.45, 7) is 2.51. The molecule has 0 aromatic heterocycles. The van der Waals surface area contributed by atoms with Crippen LogP contribution < -0.4 is 0 Å². The highest BCUT2D eigenvalue weighted by Gasteiger charge is 2.33. The monoisotopic (exact) mass is 315 g/mol. The zero-order valence-electron chi connectivity index (χ0n) is 11.8. The molecular weight excluding hydrogens is 297 g/mol. The zero-order chi connectivity index (χ0) is 15.6. The quantitative estimate of drug-likeness (QED) is 0.838. The van der Waals surface area contributed by atoms with Crippen molar-refractivity contribution in [3.63, 3.8) is 0 Å². The van der Waals surface area contributed by atoms with Crippen molar-refractivity contribution in [2.75, 3.05) is 13.1 Å². The van der Waals surface area contributed by atoms with Gasteiger partial charge in [0, 0.05) is 13.1 Å². The SMILES string of the molecule is CCCN(CC1CC1)S(=O)(=O)c1cc(F)ccc1C(=O)O. The van der Waals surface area contributed by atoms with Crippen molar-refractivity contribution in [3.8, 4) is 0 Å². The molecule has 1 aromatic rings. The van der Waals surface area contributed by atoms with Crippen molar-refractivity contribution in [2.24, 2.45) is 5.92 Å². The van der Waals surface area contributed by atoms with E-state index in [-0.39, 0.29) is 0 Å². The summed E-state index contributed by atoms with van der Waals surface area (Å²) < 4.78 is 40.0. The maximum Gasteiger partial charge on any atom is 0.337 e. The highest BCUT2D eigenvalue weighted by molar-refractivity contribution is 7.89. The molecule has 21 heavy (non-hydrogen) atoms. The van der Waals surface area contributed by atoms with Crippen LogP contribution in [0.2, 0.25) is 0 Å². The van der Waals surface area contributed by atoms with Gasteiger partial charge in [-0.1, -0.05) is 6.92 Å². The summed E-state index contributed by atoms with van der Waals surface area (Å²) in [4.78, 5) is 10.7. The lowest BCUT2D eigenvalue weighted by molar-refractivity contribution is 0.0692. The van der Waals surface area contributed by atoms with E-state index in [1.165, 1.54) is 4.31 Å². The normalized spacial score (nSPS) is 15.4. The molecule has 0 aliphatic heterocycles. The number of hydrogen-bond acceptors (Lipinski definition) is 3. The molecule has 2 rings (SSSR count). The van der Waals surface area contributed by atoms with Crippen molar-refractivity contribution < 1.29 is 22.7 Å². The summed E-state index contributed by atoms with van der Waals surface area (Å²) in [6.07, 6.45) is 2.57. The van der Waals surface area contributed by atoms with E-state index in [0.717, 1.165) is 31.0 Å². The van der Waals surface area contributed by atoms with Gasteiger partial charge in [0.1, 0.15) is 5.82 Å². The van der Waals surface area contributed by atoms with Gasteiger partial charge in [-0.3, -0.25) is 0 Å². The highest BCUT2D eigenvalue weighted by Crippen LogP contribution is 2.32. The number of carboxylic acids is 1. The Morgan fingerprint density at radius 2 is 2.10 bits per heavy atom. The van der Waals surface area contributed by atoms with Crippen LogP contribution in [0.3, 0.4) is 0 Å². The van der Waals surface area contributed by atoms with Crippen molar-refractivity contribution in [3.05, 3.63) is 29.6 Å². The van der Waals surface area contributed by atoms with Gasteiger partial charge in [-0.2, -0.15) is 4.31 Å². The number of aromatic carboxylic acids is 1. The fourth-order valence-corrected chi connectivity index (χ4v) is 3.98. The summed E-state index contributed by atoms with van der Waals surface area (Å²) in [6, 6.07) is 2.73. The van der Waals surface area contributed by atoms with Gasteiger partial charge in [0.05, 0.1) is 10.5 Å². The summed E-state index contributed by atoms with van der Waals surface area (Å²) in [7, 11) is -4.00. The third-order valence-electron chi connectivity index (χ3n) is 3.42. The fraction of sp³-hybridized carbons (Fsp3) is 0.500. The first-order valence-corrected chi connectivity index (χ1v) is 8.33. The van der Waals surface area contributed by atoms with Crippen molar-refractivity contribution in [1.29, 1.82) is 0 Å². The molecule has 1 aliphatic rings. The van der Waals surface area contributed by atoms with Gasteiger partial charge in [0.15, 0.2) is 0 Å². The Balaban J connectivity index is 2.44. The van der Waals surface area contributed by atoms with Crippen LogP contribution in [0.15, 0.2) is 23.1 Å². The van der Waals surface area contributed by atoms with Crippen LogP contribution in [0.5, 0.6) is 0 Å². The average molecular weight is 315 g/mol. The minimum atomic E-state index is -4.00. The molecule has 0 spiro atoms. The topological polar surface area (TPSA) is 74.7 Å². The van der Waals surface area contributed by atoms with Gasteiger partial charge in [0.2, 0.25) is 10.0 Å². The average Bonchev–Trinajstić information content (AvgIpc) is 3.21. The molecule has 1 aliphatic carbocycles. The first-order chi connectivity index (χ1) is 9.86. The number of hydrogen-bond donors (Lipinski definition) is 1. The van der Waals surface area contributed by atoms with E-state index in [9.17, 15) is 17.6 Å². The maximum absolute atomic E-state index is 13.4. The van der Waals surface area contributed by atoms with Crippen LogP contribution in [-0.4, -0.2) is 36.9 Å². The van der Waals surface area contributed by atoms with E-state index < -0.39 is 32.3 Å². The molecule has 0 unspecified atom stereocenters. The van der Waals surface area contributed by atoms with Gasteiger partial charge in [-0.25, -0.2) is 17.6 Å². The van der Waals surface area contributed by atoms with Crippen LogP contribution in [0, 0.1) is 11.7 Å². The number of carboxylic acid groups (broad SMARTS) is 1. The van der Waals surface area contributed by atoms with E-state index in [1.54, 1.807) is 0 Å². The molecule has 0 saturated heterocycles. The Bertz CT molecular complexity index is 640. The molecule has 1 N–H and O–H groups in total. The van der Waals surface area contributed by atoms with Crippen molar-refractivity contribution in [2.45, 2.75) is 31.1 Å². The molecule has 116 valence electrons. The number of sulfonamides is 1. The molecule has 1 aromatic carbocycles. The maximum atomic E-state index is 13.4. The fourth-order valence-electron chi connectivity index (χ4n) is 2.17. The standard InChI is InChI=1S/C14H18FNO4S/c1-2-7-16(9-10-3-4-10)21(19,20)13-8-11(15)5-6-12(13)14(17)18/h5-6,8,10H,2-4,7,9H2,1H3,(H,17,18). The number of carbonyl (C=O) groups is 1. The molecule has 7 heteroatoms. The minimum Gasteiger partial charge on any atom is -0.478 e. The third-order valence-corrected chi connectivity index (χ3v) is 5.33.